The average Bonchev–Trinajstić information content (AvgIpc) is 3.19. The molecular formula is C10H22N6O6. The smallest absolute Gasteiger partial charge is 0.125 e. The molecule has 12 heteroatoms. The number of carbonyl (C=O) groups is 1. The zero-order valence-corrected chi connectivity index (χ0v) is 11.8. The van der Waals surface area contributed by atoms with Crippen molar-refractivity contribution in [2.75, 3.05) is 6.54 Å². The number of nitrogens with two attached hydrogens (primary N) is 1. The predicted octanol–water partition coefficient (Wildman–Crippen LogP) is -0.516. The van der Waals surface area contributed by atoms with E-state index in [1.807, 2.05) is 0 Å². The molecule has 0 spiro atoms. The van der Waals surface area contributed by atoms with Gasteiger partial charge in [0.05, 0.1) is 12.7 Å². The van der Waals surface area contributed by atoms with Crippen molar-refractivity contribution < 1.29 is 20.8 Å². The number of carbonyl (C=O) groups excluding carboxylic acids is 1. The molecule has 0 aromatic carbocycles. The predicted molar refractivity (Wildman–Crippen MR) is 80.3 cm³/mol. The fraction of sp³-hybridized carbons (Fsp3) is 0.300. The summed E-state index contributed by atoms with van der Waals surface area (Å²) in [6.07, 6.45) is 8.79. The van der Waals surface area contributed by atoms with Crippen molar-refractivity contribution >= 4 is 6.29 Å². The summed E-state index contributed by atoms with van der Waals surface area (Å²) in [6, 6.07) is 0. The second-order valence-electron chi connectivity index (χ2n) is 3.06. The number of H-pyrrole nitrogens is 2. The SMILES string of the molecule is N.NCCc1cnc[nH]1.O.O=CCc1cnc[nH]1.O=O.OO. The first kappa shape index (κ1) is 27.8. The zero-order chi connectivity index (χ0) is 15.6. The van der Waals surface area contributed by atoms with Crippen LogP contribution >= 0.6 is 0 Å². The van der Waals surface area contributed by atoms with Gasteiger partial charge in [0.1, 0.15) is 6.29 Å². The number of hydrogen-bond acceptors (Lipinski definition) is 9. The molecule has 0 saturated carbocycles. The Bertz CT molecular complexity index is 396. The van der Waals surface area contributed by atoms with Crippen molar-refractivity contribution in [3.63, 3.8) is 0 Å². The first-order chi connectivity index (χ1) is 9.86. The van der Waals surface area contributed by atoms with Crippen LogP contribution < -0.4 is 11.9 Å². The van der Waals surface area contributed by atoms with Gasteiger partial charge in [0.2, 0.25) is 0 Å². The Morgan fingerprint density at radius 3 is 1.86 bits per heavy atom. The number of imidazole rings is 2. The number of hydrogen-bond donors (Lipinski definition) is 6. The van der Waals surface area contributed by atoms with Crippen molar-refractivity contribution in [1.29, 1.82) is 0 Å². The van der Waals surface area contributed by atoms with Gasteiger partial charge in [-0.2, -0.15) is 0 Å². The monoisotopic (exact) mass is 322 g/mol. The molecule has 11 N–H and O–H groups in total. The maximum Gasteiger partial charge on any atom is 0.125 e. The lowest BCUT2D eigenvalue weighted by Crippen LogP contribution is -2.02. The summed E-state index contributed by atoms with van der Waals surface area (Å²) >= 11 is 0. The van der Waals surface area contributed by atoms with Crippen molar-refractivity contribution in [1.82, 2.24) is 26.1 Å². The molecular weight excluding hydrogens is 300 g/mol. The fourth-order valence-corrected chi connectivity index (χ4v) is 1.06. The summed E-state index contributed by atoms with van der Waals surface area (Å²) in [5, 5.41) is 12.0. The highest BCUT2D eigenvalue weighted by Gasteiger charge is 1.87. The molecule has 2 aromatic rings. The molecule has 128 valence electrons. The third-order valence-electron chi connectivity index (χ3n) is 1.83. The van der Waals surface area contributed by atoms with Gasteiger partial charge in [-0.1, -0.05) is 0 Å². The molecule has 22 heavy (non-hydrogen) atoms. The third-order valence-corrected chi connectivity index (χ3v) is 1.83. The Morgan fingerprint density at radius 2 is 1.55 bits per heavy atom. The number of aromatic amines is 2. The van der Waals surface area contributed by atoms with E-state index in [-0.39, 0.29) is 11.6 Å². The standard InChI is InChI=1S/C5H9N3.C5H6N2O.H3N.H2O2.O2.H2O/c6-2-1-5-3-7-4-8-5;8-2-1-5-3-6-4-7-5;;2*1-2;/h3-4H,1-2,6H2,(H,7,8);2-4H,1H2,(H,6,7);1H3;1-2H;;1H2. The lowest BCUT2D eigenvalue weighted by atomic mass is 10.3. The van der Waals surface area contributed by atoms with Crippen LogP contribution in [0.5, 0.6) is 0 Å². The van der Waals surface area contributed by atoms with Crippen LogP contribution in [-0.4, -0.2) is 48.8 Å². The van der Waals surface area contributed by atoms with E-state index in [1.54, 1.807) is 25.0 Å². The average molecular weight is 322 g/mol. The van der Waals surface area contributed by atoms with E-state index in [2.05, 4.69) is 19.9 Å². The van der Waals surface area contributed by atoms with Gasteiger partial charge in [-0.15, -0.1) is 0 Å². The number of nitrogens with one attached hydrogen (secondary N) is 2. The second kappa shape index (κ2) is 23.6. The minimum atomic E-state index is 0. The van der Waals surface area contributed by atoms with E-state index in [0.29, 0.717) is 13.0 Å². The minimum absolute atomic E-state index is 0. The van der Waals surface area contributed by atoms with Gasteiger partial charge >= 0.3 is 0 Å². The van der Waals surface area contributed by atoms with Crippen molar-refractivity contribution in [2.24, 2.45) is 5.73 Å². The molecule has 0 radical (unpaired) electrons. The molecule has 2 aromatic heterocycles. The minimum Gasteiger partial charge on any atom is -0.412 e. The van der Waals surface area contributed by atoms with Crippen LogP contribution in [0.3, 0.4) is 0 Å². The maximum absolute atomic E-state index is 9.82. The maximum atomic E-state index is 9.82. The third kappa shape index (κ3) is 15.5. The summed E-state index contributed by atoms with van der Waals surface area (Å²) in [5.41, 5.74) is 7.24. The Hall–Kier alpha value is -2.51. The largest absolute Gasteiger partial charge is 0.412 e. The lowest BCUT2D eigenvalue weighted by molar-refractivity contribution is -0.176. The van der Waals surface area contributed by atoms with Crippen LogP contribution in [0.15, 0.2) is 25.0 Å². The van der Waals surface area contributed by atoms with Gasteiger partial charge in [-0.05, 0) is 6.54 Å². The van der Waals surface area contributed by atoms with Gasteiger partial charge in [-0.25, -0.2) is 9.97 Å². The van der Waals surface area contributed by atoms with Crippen molar-refractivity contribution in [3.8, 4) is 0 Å². The molecule has 0 unspecified atom stereocenters. The van der Waals surface area contributed by atoms with Crippen LogP contribution in [-0.2, 0) is 17.6 Å². The summed E-state index contributed by atoms with van der Waals surface area (Å²) in [4.78, 5) is 37.1. The molecule has 12 nitrogen and oxygen atoms in total. The normalized spacial score (nSPS) is 7.23. The van der Waals surface area contributed by atoms with E-state index in [4.69, 9.17) is 26.2 Å². The number of nitrogens with zero attached hydrogens (tertiary/aromatic N) is 2. The van der Waals surface area contributed by atoms with Crippen molar-refractivity contribution in [3.05, 3.63) is 46.4 Å². The molecule has 0 aliphatic heterocycles. The Morgan fingerprint density at radius 1 is 1.09 bits per heavy atom. The van der Waals surface area contributed by atoms with Crippen LogP contribution in [0.4, 0.5) is 0 Å². The first-order valence-corrected chi connectivity index (χ1v) is 5.31. The van der Waals surface area contributed by atoms with Gasteiger partial charge in [0.25, 0.3) is 0 Å². The van der Waals surface area contributed by atoms with Crippen LogP contribution in [0.25, 0.3) is 0 Å². The first-order valence-electron chi connectivity index (χ1n) is 5.31. The molecule has 2 heterocycles. The zero-order valence-electron chi connectivity index (χ0n) is 11.8. The molecule has 0 bridgehead atoms. The quantitative estimate of drug-likeness (QED) is 0.240. The number of rotatable bonds is 4. The molecule has 2 rings (SSSR count). The Labute approximate surface area is 125 Å². The number of aromatic nitrogens is 4. The highest BCUT2D eigenvalue weighted by atomic mass is 17.0. The van der Waals surface area contributed by atoms with E-state index < -0.39 is 0 Å². The highest BCUT2D eigenvalue weighted by molar-refractivity contribution is 5.53. The van der Waals surface area contributed by atoms with Crippen LogP contribution in [0, 0.1) is 9.93 Å². The highest BCUT2D eigenvalue weighted by Crippen LogP contribution is 1.88. The topological polar surface area (TPSA) is 242 Å². The van der Waals surface area contributed by atoms with E-state index in [9.17, 15) is 4.79 Å². The summed E-state index contributed by atoms with van der Waals surface area (Å²) in [5.74, 6) is 0. The summed E-state index contributed by atoms with van der Waals surface area (Å²) in [7, 11) is 0. The van der Waals surface area contributed by atoms with Gasteiger partial charge in [0.15, 0.2) is 0 Å². The Kier molecular flexibility index (Phi) is 29.8. The van der Waals surface area contributed by atoms with Gasteiger partial charge < -0.3 is 32.1 Å². The second-order valence-corrected chi connectivity index (χ2v) is 3.06. The van der Waals surface area contributed by atoms with E-state index >= 15 is 0 Å². The molecule has 0 aliphatic carbocycles. The van der Waals surface area contributed by atoms with Gasteiger partial charge in [0, 0.05) is 46.6 Å². The van der Waals surface area contributed by atoms with Crippen LogP contribution in [0.1, 0.15) is 11.4 Å². The lowest BCUT2D eigenvalue weighted by Gasteiger charge is -1.86. The van der Waals surface area contributed by atoms with E-state index in [0.717, 1.165) is 24.1 Å². The summed E-state index contributed by atoms with van der Waals surface area (Å²) < 4.78 is 0. The fourth-order valence-electron chi connectivity index (χ4n) is 1.06. The molecule has 0 amide bonds. The molecule has 0 saturated heterocycles. The van der Waals surface area contributed by atoms with Crippen LogP contribution in [0.2, 0.25) is 0 Å². The summed E-state index contributed by atoms with van der Waals surface area (Å²) in [6.45, 7) is 0.683. The molecule has 0 aliphatic rings. The van der Waals surface area contributed by atoms with Gasteiger partial charge in [-0.3, -0.25) is 10.5 Å². The molecule has 0 fully saturated rings. The molecule has 0 atom stereocenters. The number of aldehydes is 1. The van der Waals surface area contributed by atoms with Crippen molar-refractivity contribution in [2.45, 2.75) is 12.8 Å². The Balaban J connectivity index is -0.000000112. The van der Waals surface area contributed by atoms with E-state index in [1.165, 1.54) is 0 Å².